The summed E-state index contributed by atoms with van der Waals surface area (Å²) in [5.41, 5.74) is 5.40. The summed E-state index contributed by atoms with van der Waals surface area (Å²) in [4.78, 5) is 50.2. The number of ether oxygens (including phenoxy) is 4. The highest BCUT2D eigenvalue weighted by molar-refractivity contribution is 5.91. The lowest BCUT2D eigenvalue weighted by Gasteiger charge is -2.28. The molecule has 400 valence electrons. The Labute approximate surface area is 445 Å². The Morgan fingerprint density at radius 1 is 0.447 bits per heavy atom. The van der Waals surface area contributed by atoms with Gasteiger partial charge in [0.2, 0.25) is 11.5 Å². The number of rotatable bonds is 10. The maximum absolute atomic E-state index is 12.8. The molecule has 0 aliphatic heterocycles. The second-order valence-electron chi connectivity index (χ2n) is 23.8. The van der Waals surface area contributed by atoms with Gasteiger partial charge in [0, 0.05) is 37.8 Å². The van der Waals surface area contributed by atoms with Gasteiger partial charge in [0.25, 0.3) is 0 Å². The van der Waals surface area contributed by atoms with Crippen LogP contribution in [0.25, 0.3) is 0 Å². The van der Waals surface area contributed by atoms with Gasteiger partial charge in [-0.2, -0.15) is 0 Å². The van der Waals surface area contributed by atoms with E-state index in [0.717, 1.165) is 34.4 Å². The van der Waals surface area contributed by atoms with Crippen LogP contribution >= 0.6 is 0 Å². The zero-order valence-electron chi connectivity index (χ0n) is 46.2. The summed E-state index contributed by atoms with van der Waals surface area (Å²) in [6.07, 6.45) is 0.328. The predicted molar refractivity (Wildman–Crippen MR) is 293 cm³/mol. The number of benzene rings is 6. The van der Waals surface area contributed by atoms with Crippen molar-refractivity contribution in [3.05, 3.63) is 183 Å². The topological polar surface area (TPSA) is 198 Å². The van der Waals surface area contributed by atoms with Crippen LogP contribution in [0.1, 0.15) is 184 Å². The number of carbonyl (C=O) groups is 2. The fourth-order valence-electron chi connectivity index (χ4n) is 9.30. The molecule has 6 aromatic carbocycles. The highest BCUT2D eigenvalue weighted by atomic mass is 16.6. The monoisotopic (exact) mass is 1030 g/mol. The van der Waals surface area contributed by atoms with E-state index < -0.39 is 54.8 Å². The van der Waals surface area contributed by atoms with Crippen molar-refractivity contribution in [3.63, 3.8) is 0 Å². The van der Waals surface area contributed by atoms with E-state index >= 15 is 0 Å². The first-order chi connectivity index (χ1) is 35.4. The molecule has 0 aromatic heterocycles. The van der Waals surface area contributed by atoms with Crippen molar-refractivity contribution in [3.8, 4) is 34.5 Å². The van der Waals surface area contributed by atoms with Crippen molar-refractivity contribution in [2.24, 2.45) is 0 Å². The first-order valence-electron chi connectivity index (χ1n) is 25.7. The molecule has 0 saturated heterocycles. The van der Waals surface area contributed by atoms with E-state index in [9.17, 15) is 40.0 Å². The molecule has 0 atom stereocenters. The lowest BCUT2D eigenvalue weighted by molar-refractivity contribution is -0.385. The summed E-state index contributed by atoms with van der Waals surface area (Å²) < 4.78 is 24.0. The molecule has 1 aliphatic rings. The predicted octanol–water partition coefficient (Wildman–Crippen LogP) is 14.7. The van der Waals surface area contributed by atoms with E-state index in [4.69, 9.17) is 18.9 Å². The smallest absolute Gasteiger partial charge is 0.338 e. The number of hydrogen-bond acceptors (Lipinski definition) is 12. The fourth-order valence-corrected chi connectivity index (χ4v) is 9.30. The number of fused-ring (bicyclic) bond motifs is 8. The third-order valence-electron chi connectivity index (χ3n) is 13.8. The van der Waals surface area contributed by atoms with E-state index in [2.05, 4.69) is 83.1 Å². The summed E-state index contributed by atoms with van der Waals surface area (Å²) in [7, 11) is 0. The number of nitrogens with zero attached hydrogens (tertiary/aromatic N) is 2. The van der Waals surface area contributed by atoms with Crippen molar-refractivity contribution in [1.82, 2.24) is 0 Å². The van der Waals surface area contributed by atoms with E-state index in [1.165, 1.54) is 24.3 Å². The molecular formula is C62H70N2O12. The summed E-state index contributed by atoms with van der Waals surface area (Å²) in [6.45, 7) is 28.4. The van der Waals surface area contributed by atoms with Crippen molar-refractivity contribution in [1.29, 1.82) is 0 Å². The molecule has 0 fully saturated rings. The first-order valence-corrected chi connectivity index (χ1v) is 25.7. The minimum Gasteiger partial charge on any atom is -0.507 e. The summed E-state index contributed by atoms with van der Waals surface area (Å²) in [5.74, 6) is -1.17. The second-order valence-corrected chi connectivity index (χ2v) is 23.8. The van der Waals surface area contributed by atoms with Crippen LogP contribution in [-0.2, 0) is 56.8 Å². The Kier molecular flexibility index (Phi) is 15.6. The average Bonchev–Trinajstić information content (AvgIpc) is 3.31. The molecule has 0 radical (unpaired) electrons. The molecular weight excluding hydrogens is 965 g/mol. The highest BCUT2D eigenvalue weighted by Gasteiger charge is 2.31. The van der Waals surface area contributed by atoms with Crippen LogP contribution in [0.5, 0.6) is 34.5 Å². The quantitative estimate of drug-likeness (QED) is 0.0748. The lowest BCUT2D eigenvalue weighted by atomic mass is 9.79. The van der Waals surface area contributed by atoms with Gasteiger partial charge in [-0.25, -0.2) is 9.59 Å². The number of phenolic OH excluding ortho intramolecular Hbond substituents is 2. The standard InChI is InChI=1S/C62H70N2O12/c1-15-73-57(67)35-17-19-51(49(33-35)63(69)70)75-55-41-21-37-25-45(59(3,4)5)27-39(53(37)65)23-43-31-48(62(12,13)14)32-44(56(43)76-52-20-18-36(58(68)74-16-2)34-50(52)64(71)72)24-40-28-46(60(6,7)8)26-38(54(40)66)22-42(55)30-47(29-41)61(9,10)11/h17-20,25-34,65-66H,15-16,21-24H2,1-14H3. The average molecular weight is 1040 g/mol. The van der Waals surface area contributed by atoms with E-state index in [1.54, 1.807) is 13.8 Å². The van der Waals surface area contributed by atoms with Crippen LogP contribution in [0, 0.1) is 20.2 Å². The third-order valence-corrected chi connectivity index (χ3v) is 13.8. The third kappa shape index (κ3) is 12.2. The minimum atomic E-state index is -0.721. The van der Waals surface area contributed by atoms with Gasteiger partial charge in [0.15, 0.2) is 0 Å². The van der Waals surface area contributed by atoms with Crippen LogP contribution in [0.15, 0.2) is 84.9 Å². The molecule has 0 spiro atoms. The molecule has 7 rings (SSSR count). The van der Waals surface area contributed by atoms with Crippen LogP contribution in [0.4, 0.5) is 11.4 Å². The molecule has 14 heteroatoms. The SMILES string of the molecule is CCOC(=O)c1ccc(Oc2c3cc(C(C)(C)C)cc2Cc2cc(C(C)(C)C)cc(c2O)Cc2cc(C(C)(C)C)cc(c2Oc2ccc(C(=O)OCC)cc2[N+](=O)[O-])Cc2cc(C(C)(C)C)cc(c2O)C3)c([N+](=O)[O-])c1. The Bertz CT molecular complexity index is 2970. The van der Waals surface area contributed by atoms with Crippen LogP contribution in [0.3, 0.4) is 0 Å². The fraction of sp³-hybridized carbons (Fsp3) is 0.387. The Hall–Kier alpha value is -7.74. The molecule has 0 heterocycles. The zero-order valence-corrected chi connectivity index (χ0v) is 46.2. The number of carbonyl (C=O) groups excluding carboxylic acids is 2. The highest BCUT2D eigenvalue weighted by Crippen LogP contribution is 2.47. The van der Waals surface area contributed by atoms with E-state index in [0.29, 0.717) is 44.5 Å². The second kappa shape index (κ2) is 21.1. The molecule has 76 heavy (non-hydrogen) atoms. The molecule has 14 nitrogen and oxygen atoms in total. The Morgan fingerprint density at radius 3 is 0.921 bits per heavy atom. The first kappa shape index (κ1) is 56.0. The van der Waals surface area contributed by atoms with Crippen molar-refractivity contribution in [2.45, 2.75) is 144 Å². The Balaban J connectivity index is 1.60. The summed E-state index contributed by atoms with van der Waals surface area (Å²) >= 11 is 0. The van der Waals surface area contributed by atoms with Crippen LogP contribution in [0.2, 0.25) is 0 Å². The van der Waals surface area contributed by atoms with Gasteiger partial charge in [-0.15, -0.1) is 0 Å². The number of aromatic hydroxyl groups is 2. The molecule has 0 amide bonds. The van der Waals surface area contributed by atoms with Crippen LogP contribution < -0.4 is 9.47 Å². The minimum absolute atomic E-state index is 0.0167. The summed E-state index contributed by atoms with van der Waals surface area (Å²) in [5, 5.41) is 51.2. The molecule has 0 unspecified atom stereocenters. The van der Waals surface area contributed by atoms with Gasteiger partial charge < -0.3 is 29.2 Å². The number of hydrogen-bond donors (Lipinski definition) is 2. The lowest BCUT2D eigenvalue weighted by Crippen LogP contribution is -2.16. The number of phenols is 2. The van der Waals surface area contributed by atoms with Gasteiger partial charge in [-0.1, -0.05) is 132 Å². The molecule has 8 bridgehead atoms. The van der Waals surface area contributed by atoms with Crippen LogP contribution in [-0.4, -0.2) is 45.2 Å². The molecule has 0 saturated carbocycles. The zero-order chi connectivity index (χ0) is 56.0. The summed E-state index contributed by atoms with van der Waals surface area (Å²) in [6, 6.07) is 23.7. The van der Waals surface area contributed by atoms with Gasteiger partial charge >= 0.3 is 23.3 Å². The molecule has 2 N–H and O–H groups in total. The number of nitro benzene ring substituents is 2. The van der Waals surface area contributed by atoms with Gasteiger partial charge in [0.05, 0.1) is 34.2 Å². The van der Waals surface area contributed by atoms with E-state index in [-0.39, 0.29) is 84.5 Å². The maximum Gasteiger partial charge on any atom is 0.338 e. The van der Waals surface area contributed by atoms with Crippen molar-refractivity contribution >= 4 is 23.3 Å². The molecule has 1 aliphatic carbocycles. The largest absolute Gasteiger partial charge is 0.507 e. The Morgan fingerprint density at radius 2 is 0.697 bits per heavy atom. The van der Waals surface area contributed by atoms with Gasteiger partial charge in [0.1, 0.15) is 23.0 Å². The van der Waals surface area contributed by atoms with Crippen molar-refractivity contribution < 1.29 is 48.6 Å². The van der Waals surface area contributed by atoms with Gasteiger partial charge in [-0.05, 0) is 127 Å². The van der Waals surface area contributed by atoms with Gasteiger partial charge in [-0.3, -0.25) is 20.2 Å². The number of esters is 2. The van der Waals surface area contributed by atoms with E-state index in [1.807, 2.05) is 48.5 Å². The van der Waals surface area contributed by atoms with Crippen molar-refractivity contribution in [2.75, 3.05) is 13.2 Å². The molecule has 6 aromatic rings. The maximum atomic E-state index is 12.8. The normalized spacial score (nSPS) is 12.9. The number of nitro groups is 2.